The molecule has 0 radical (unpaired) electrons. The topological polar surface area (TPSA) is 61.3 Å². The normalized spacial score (nSPS) is 13.5. The Morgan fingerprint density at radius 2 is 0.889 bits per heavy atom. The predicted octanol–water partition coefficient (Wildman–Crippen LogP) is 12.6. The average molecular weight is 693 g/mol. The van der Waals surface area contributed by atoms with Crippen LogP contribution in [0.5, 0.6) is 11.5 Å². The maximum atomic E-state index is 6.60. The second kappa shape index (κ2) is 10.9. The Bertz CT molecular complexity index is 2970. The van der Waals surface area contributed by atoms with E-state index in [2.05, 4.69) is 121 Å². The fraction of sp³-hybridized carbons (Fsp3) is 0.0204. The zero-order valence-electron chi connectivity index (χ0n) is 28.8. The first kappa shape index (κ1) is 29.3. The Balaban J connectivity index is 1.13. The summed E-state index contributed by atoms with van der Waals surface area (Å²) in [5, 5.41) is 2.41. The van der Waals surface area contributed by atoms with Gasteiger partial charge in [-0.05, 0) is 117 Å². The molecule has 1 aliphatic heterocycles. The van der Waals surface area contributed by atoms with Crippen LogP contribution < -0.4 is 4.74 Å². The smallest absolute Gasteiger partial charge is 0.227 e. The van der Waals surface area contributed by atoms with Gasteiger partial charge in [0.2, 0.25) is 11.8 Å². The van der Waals surface area contributed by atoms with E-state index in [4.69, 9.17) is 23.5 Å². The summed E-state index contributed by atoms with van der Waals surface area (Å²) >= 11 is 0. The molecule has 252 valence electrons. The Kier molecular flexibility index (Phi) is 5.92. The van der Waals surface area contributed by atoms with E-state index in [1.807, 2.05) is 48.5 Å². The molecule has 54 heavy (non-hydrogen) atoms. The number of nitrogens with zero attached hydrogens (tertiary/aromatic N) is 2. The van der Waals surface area contributed by atoms with Crippen molar-refractivity contribution in [2.75, 3.05) is 0 Å². The predicted molar refractivity (Wildman–Crippen MR) is 213 cm³/mol. The summed E-state index contributed by atoms with van der Waals surface area (Å²) in [7, 11) is 0. The highest BCUT2D eigenvalue weighted by atomic mass is 16.5. The summed E-state index contributed by atoms with van der Waals surface area (Å²) in [6.45, 7) is 0. The van der Waals surface area contributed by atoms with Gasteiger partial charge in [0.05, 0.1) is 5.41 Å². The molecule has 0 saturated heterocycles. The van der Waals surface area contributed by atoms with Gasteiger partial charge in [0.15, 0.2) is 11.2 Å². The fourth-order valence-electron chi connectivity index (χ4n) is 8.80. The molecule has 0 fully saturated rings. The van der Waals surface area contributed by atoms with E-state index in [9.17, 15) is 0 Å². The van der Waals surface area contributed by atoms with Crippen LogP contribution in [0.4, 0.5) is 0 Å². The van der Waals surface area contributed by atoms with E-state index in [0.29, 0.717) is 11.8 Å². The van der Waals surface area contributed by atoms with Crippen LogP contribution in [0.1, 0.15) is 22.3 Å². The van der Waals surface area contributed by atoms with Crippen molar-refractivity contribution >= 4 is 33.0 Å². The second-order valence-corrected chi connectivity index (χ2v) is 14.1. The molecule has 0 saturated carbocycles. The molecular formula is C49H28N2O3. The van der Waals surface area contributed by atoms with Gasteiger partial charge in [-0.25, -0.2) is 9.97 Å². The Labute approximate surface area is 309 Å². The molecule has 12 rings (SSSR count). The minimum Gasteiger partial charge on any atom is -0.457 e. The lowest BCUT2D eigenvalue weighted by molar-refractivity contribution is 0.436. The summed E-state index contributed by atoms with van der Waals surface area (Å²) in [5.74, 6) is 2.84. The van der Waals surface area contributed by atoms with Gasteiger partial charge in [-0.1, -0.05) is 97.1 Å². The summed E-state index contributed by atoms with van der Waals surface area (Å²) in [4.78, 5) is 9.76. The van der Waals surface area contributed by atoms with E-state index in [-0.39, 0.29) is 0 Å². The van der Waals surface area contributed by atoms with E-state index >= 15 is 0 Å². The van der Waals surface area contributed by atoms with Crippen molar-refractivity contribution in [3.63, 3.8) is 0 Å². The van der Waals surface area contributed by atoms with E-state index in [0.717, 1.165) is 67.1 Å². The van der Waals surface area contributed by atoms with Crippen LogP contribution in [-0.4, -0.2) is 9.97 Å². The number of fused-ring (bicyclic) bond motifs is 12. The fourth-order valence-corrected chi connectivity index (χ4v) is 8.80. The highest BCUT2D eigenvalue weighted by Gasteiger charge is 2.51. The minimum atomic E-state index is -0.567. The standard InChI is InChI=1S/C49H28N2O3/c1-2-12-30-28-40-36(26-29(30)11-1)35-27-31(21-22-37(35)49(40)38-13-3-7-17-43(38)52-44-18-8-4-14-39(44)49)32-23-33(47-50-41-15-5-9-19-45(41)53-47)25-34(24-32)48-51-42-16-6-10-20-46(42)54-48/h1-28H. The Hall–Kier alpha value is -7.24. The monoisotopic (exact) mass is 692 g/mol. The van der Waals surface area contributed by atoms with Gasteiger partial charge in [-0.3, -0.25) is 0 Å². The van der Waals surface area contributed by atoms with Crippen LogP contribution in [-0.2, 0) is 5.41 Å². The molecular weight excluding hydrogens is 665 g/mol. The van der Waals surface area contributed by atoms with Gasteiger partial charge in [-0.15, -0.1) is 0 Å². The second-order valence-electron chi connectivity index (χ2n) is 14.1. The third-order valence-electron chi connectivity index (χ3n) is 11.2. The van der Waals surface area contributed by atoms with E-state index < -0.39 is 5.41 Å². The van der Waals surface area contributed by atoms with Crippen LogP contribution in [0.2, 0.25) is 0 Å². The lowest BCUT2D eigenvalue weighted by Crippen LogP contribution is -2.32. The molecule has 10 aromatic rings. The molecule has 3 heterocycles. The summed E-state index contributed by atoms with van der Waals surface area (Å²) in [6, 6.07) is 59.4. The first-order valence-corrected chi connectivity index (χ1v) is 18.1. The summed E-state index contributed by atoms with van der Waals surface area (Å²) in [5.41, 5.74) is 13.5. The number of aromatic nitrogens is 2. The van der Waals surface area contributed by atoms with E-state index in [1.165, 1.54) is 33.0 Å². The molecule has 0 N–H and O–H groups in total. The number of oxazole rings is 2. The third-order valence-corrected chi connectivity index (χ3v) is 11.2. The van der Waals surface area contributed by atoms with Gasteiger partial charge in [0.1, 0.15) is 22.5 Å². The lowest BCUT2D eigenvalue weighted by Gasteiger charge is -2.39. The number of rotatable bonds is 3. The number of hydrogen-bond acceptors (Lipinski definition) is 5. The van der Waals surface area contributed by atoms with Crippen LogP contribution in [0.3, 0.4) is 0 Å². The highest BCUT2D eigenvalue weighted by molar-refractivity contribution is 5.98. The van der Waals surface area contributed by atoms with Gasteiger partial charge in [0.25, 0.3) is 0 Å². The maximum Gasteiger partial charge on any atom is 0.227 e. The quantitative estimate of drug-likeness (QED) is 0.184. The molecule has 5 nitrogen and oxygen atoms in total. The number of para-hydroxylation sites is 6. The molecule has 1 spiro atoms. The molecule has 0 amide bonds. The van der Waals surface area contributed by atoms with Gasteiger partial charge in [-0.2, -0.15) is 0 Å². The van der Waals surface area contributed by atoms with Crippen LogP contribution >= 0.6 is 0 Å². The molecule has 2 aliphatic rings. The van der Waals surface area contributed by atoms with E-state index in [1.54, 1.807) is 0 Å². The van der Waals surface area contributed by atoms with Crippen molar-refractivity contribution in [2.45, 2.75) is 5.41 Å². The molecule has 0 atom stereocenters. The Morgan fingerprint density at radius 3 is 1.52 bits per heavy atom. The van der Waals surface area contributed by atoms with Crippen LogP contribution in [0.15, 0.2) is 179 Å². The molecule has 8 aromatic carbocycles. The minimum absolute atomic E-state index is 0.544. The molecule has 2 aromatic heterocycles. The van der Waals surface area contributed by atoms with Crippen molar-refractivity contribution < 1.29 is 13.6 Å². The highest BCUT2D eigenvalue weighted by Crippen LogP contribution is 2.62. The Morgan fingerprint density at radius 1 is 0.370 bits per heavy atom. The maximum absolute atomic E-state index is 6.60. The van der Waals surface area contributed by atoms with Crippen molar-refractivity contribution in [1.82, 2.24) is 9.97 Å². The summed E-state index contributed by atoms with van der Waals surface area (Å²) < 4.78 is 19.2. The molecule has 1 aliphatic carbocycles. The molecule has 5 heteroatoms. The van der Waals surface area contributed by atoms with Crippen molar-refractivity contribution in [1.29, 1.82) is 0 Å². The largest absolute Gasteiger partial charge is 0.457 e. The van der Waals surface area contributed by atoms with Gasteiger partial charge < -0.3 is 13.6 Å². The number of ether oxygens (including phenoxy) is 1. The van der Waals surface area contributed by atoms with Crippen molar-refractivity contribution in [2.24, 2.45) is 0 Å². The van der Waals surface area contributed by atoms with Gasteiger partial charge in [0, 0.05) is 22.3 Å². The molecule has 0 unspecified atom stereocenters. The average Bonchev–Trinajstić information content (AvgIpc) is 3.94. The number of benzene rings is 8. The number of hydrogen-bond donors (Lipinski definition) is 0. The summed E-state index contributed by atoms with van der Waals surface area (Å²) in [6.07, 6.45) is 0. The van der Waals surface area contributed by atoms with Crippen molar-refractivity contribution in [3.05, 3.63) is 192 Å². The lowest BCUT2D eigenvalue weighted by atomic mass is 9.66. The zero-order chi connectivity index (χ0) is 35.4. The zero-order valence-corrected chi connectivity index (χ0v) is 28.8. The first-order valence-electron chi connectivity index (χ1n) is 18.1. The third kappa shape index (κ3) is 4.09. The van der Waals surface area contributed by atoms with Gasteiger partial charge >= 0.3 is 0 Å². The van der Waals surface area contributed by atoms with Crippen molar-refractivity contribution in [3.8, 4) is 56.7 Å². The SMILES string of the molecule is c1ccc2c(c1)Oc1ccccc1C21c2ccc(-c3cc(-c4nc5ccccc5o4)cc(-c4nc5ccccc5o4)c3)cc2-c2cc3ccccc3cc21. The molecule has 0 bridgehead atoms. The first-order chi connectivity index (χ1) is 26.7. The van der Waals surface area contributed by atoms with Crippen LogP contribution in [0.25, 0.3) is 78.1 Å². The van der Waals surface area contributed by atoms with Crippen LogP contribution in [0, 0.1) is 0 Å².